The minimum absolute atomic E-state index is 0.361. The van der Waals surface area contributed by atoms with E-state index in [4.69, 9.17) is 0 Å². The van der Waals surface area contributed by atoms with Gasteiger partial charge in [0.1, 0.15) is 12.2 Å². The van der Waals surface area contributed by atoms with Gasteiger partial charge in [-0.1, -0.05) is 166 Å². The SMILES string of the molecule is CCCCCCC/C=C/CC/C=C/CC/C=C/CCCC(O)C(O)C(CO)NC(=O)C(O)CCCCCCCCCCCCCCCC. The van der Waals surface area contributed by atoms with Crippen molar-refractivity contribution in [2.45, 2.75) is 218 Å². The van der Waals surface area contributed by atoms with Crippen LogP contribution in [0, 0.1) is 0 Å². The van der Waals surface area contributed by atoms with Crippen LogP contribution >= 0.6 is 0 Å². The van der Waals surface area contributed by atoms with Crippen molar-refractivity contribution in [1.82, 2.24) is 5.32 Å². The van der Waals surface area contributed by atoms with Gasteiger partial charge in [-0.15, -0.1) is 0 Å². The minimum Gasteiger partial charge on any atom is -0.394 e. The highest BCUT2D eigenvalue weighted by molar-refractivity contribution is 5.80. The Balaban J connectivity index is 3.87. The van der Waals surface area contributed by atoms with E-state index in [2.05, 4.69) is 55.6 Å². The Hall–Kier alpha value is -1.47. The van der Waals surface area contributed by atoms with Gasteiger partial charge < -0.3 is 25.7 Å². The first kappa shape index (κ1) is 46.5. The number of allylic oxidation sites excluding steroid dienone is 6. The molecule has 6 heteroatoms. The topological polar surface area (TPSA) is 110 Å². The zero-order valence-corrected chi connectivity index (χ0v) is 31.5. The summed E-state index contributed by atoms with van der Waals surface area (Å²) in [6.45, 7) is 4.01. The van der Waals surface area contributed by atoms with Gasteiger partial charge in [-0.3, -0.25) is 4.79 Å². The molecule has 5 N–H and O–H groups in total. The zero-order chi connectivity index (χ0) is 35.3. The number of carbonyl (C=O) groups is 1. The highest BCUT2D eigenvalue weighted by atomic mass is 16.3. The third-order valence-corrected chi connectivity index (χ3v) is 9.31. The highest BCUT2D eigenvalue weighted by Crippen LogP contribution is 2.15. The smallest absolute Gasteiger partial charge is 0.249 e. The summed E-state index contributed by atoms with van der Waals surface area (Å²) in [7, 11) is 0. The second-order valence-corrected chi connectivity index (χ2v) is 14.0. The fraction of sp³-hybridized carbons (Fsp3) is 0.833. The average molecular weight is 678 g/mol. The van der Waals surface area contributed by atoms with E-state index in [9.17, 15) is 25.2 Å². The molecule has 4 unspecified atom stereocenters. The molecule has 0 fully saturated rings. The lowest BCUT2D eigenvalue weighted by atomic mass is 10.00. The van der Waals surface area contributed by atoms with Crippen LogP contribution in [-0.4, -0.2) is 57.3 Å². The number of unbranched alkanes of at least 4 members (excludes halogenated alkanes) is 21. The fourth-order valence-corrected chi connectivity index (χ4v) is 6.02. The number of amides is 1. The van der Waals surface area contributed by atoms with E-state index in [1.165, 1.54) is 109 Å². The van der Waals surface area contributed by atoms with Crippen molar-refractivity contribution < 1.29 is 25.2 Å². The molecular weight excluding hydrogens is 598 g/mol. The Morgan fingerprint density at radius 3 is 1.31 bits per heavy atom. The van der Waals surface area contributed by atoms with Crippen molar-refractivity contribution >= 4 is 5.91 Å². The van der Waals surface area contributed by atoms with Crippen molar-refractivity contribution in [3.63, 3.8) is 0 Å². The van der Waals surface area contributed by atoms with Crippen molar-refractivity contribution in [3.05, 3.63) is 36.5 Å². The van der Waals surface area contributed by atoms with Crippen LogP contribution in [0.25, 0.3) is 0 Å². The highest BCUT2D eigenvalue weighted by Gasteiger charge is 2.28. The predicted molar refractivity (Wildman–Crippen MR) is 205 cm³/mol. The van der Waals surface area contributed by atoms with Crippen molar-refractivity contribution in [3.8, 4) is 0 Å². The Morgan fingerprint density at radius 1 is 0.500 bits per heavy atom. The van der Waals surface area contributed by atoms with Gasteiger partial charge in [0.05, 0.1) is 18.8 Å². The maximum Gasteiger partial charge on any atom is 0.249 e. The van der Waals surface area contributed by atoms with Gasteiger partial charge in [0.2, 0.25) is 5.91 Å². The molecule has 0 saturated heterocycles. The molecule has 0 aromatic heterocycles. The van der Waals surface area contributed by atoms with Crippen LogP contribution in [0.15, 0.2) is 36.5 Å². The summed E-state index contributed by atoms with van der Waals surface area (Å²) in [5.74, 6) is -0.600. The number of rotatable bonds is 36. The number of aliphatic hydroxyl groups excluding tert-OH is 4. The number of nitrogens with one attached hydrogen (secondary N) is 1. The second kappa shape index (κ2) is 36.8. The lowest BCUT2D eigenvalue weighted by Gasteiger charge is -2.27. The van der Waals surface area contributed by atoms with Crippen LogP contribution in [0.1, 0.15) is 194 Å². The van der Waals surface area contributed by atoms with Crippen LogP contribution in [0.5, 0.6) is 0 Å². The largest absolute Gasteiger partial charge is 0.394 e. The summed E-state index contributed by atoms with van der Waals surface area (Å²) >= 11 is 0. The molecule has 282 valence electrons. The van der Waals surface area contributed by atoms with E-state index in [0.717, 1.165) is 51.4 Å². The van der Waals surface area contributed by atoms with E-state index < -0.39 is 36.9 Å². The molecule has 48 heavy (non-hydrogen) atoms. The maximum absolute atomic E-state index is 12.5. The molecule has 0 saturated carbocycles. The van der Waals surface area contributed by atoms with Gasteiger partial charge in [-0.05, 0) is 64.2 Å². The lowest BCUT2D eigenvalue weighted by molar-refractivity contribution is -0.132. The number of carbonyl (C=O) groups excluding carboxylic acids is 1. The van der Waals surface area contributed by atoms with Crippen molar-refractivity contribution in [1.29, 1.82) is 0 Å². The van der Waals surface area contributed by atoms with Crippen LogP contribution in [-0.2, 0) is 4.79 Å². The second-order valence-electron chi connectivity index (χ2n) is 14.0. The van der Waals surface area contributed by atoms with Gasteiger partial charge in [0.15, 0.2) is 0 Å². The van der Waals surface area contributed by atoms with Crippen molar-refractivity contribution in [2.24, 2.45) is 0 Å². The van der Waals surface area contributed by atoms with E-state index in [1.807, 2.05) is 0 Å². The Labute approximate surface area is 297 Å². The van der Waals surface area contributed by atoms with E-state index in [1.54, 1.807) is 0 Å². The summed E-state index contributed by atoms with van der Waals surface area (Å²) < 4.78 is 0. The standard InChI is InChI=1S/C42H79NO5/c1-3-5-7-9-11-13-15-17-19-20-21-22-24-25-27-29-31-33-35-39(45)41(47)38(37-44)43-42(48)40(46)36-34-32-30-28-26-23-18-16-14-12-10-8-6-4-2/h15,17,21-22,27,29,38-41,44-47H,3-14,16,18-20,23-26,28,30-37H2,1-2H3,(H,43,48)/b17-15+,22-21+,29-27+. The molecule has 0 heterocycles. The van der Waals surface area contributed by atoms with Gasteiger partial charge in [-0.25, -0.2) is 0 Å². The van der Waals surface area contributed by atoms with E-state index in [0.29, 0.717) is 19.3 Å². The third kappa shape index (κ3) is 30.6. The molecule has 4 atom stereocenters. The Bertz CT molecular complexity index is 767. The van der Waals surface area contributed by atoms with Gasteiger partial charge >= 0.3 is 0 Å². The summed E-state index contributed by atoms with van der Waals surface area (Å²) in [6, 6.07) is -1.01. The molecular formula is C42H79NO5. The Morgan fingerprint density at radius 2 is 0.875 bits per heavy atom. The molecule has 0 radical (unpaired) electrons. The minimum atomic E-state index is -1.29. The van der Waals surface area contributed by atoms with Gasteiger partial charge in [-0.2, -0.15) is 0 Å². The quantitative estimate of drug-likeness (QED) is 0.0335. The van der Waals surface area contributed by atoms with Crippen molar-refractivity contribution in [2.75, 3.05) is 6.61 Å². The first-order chi connectivity index (χ1) is 23.5. The van der Waals surface area contributed by atoms with Crippen LogP contribution in [0.3, 0.4) is 0 Å². The van der Waals surface area contributed by atoms with Crippen LogP contribution in [0.4, 0.5) is 0 Å². The molecule has 1 amide bonds. The summed E-state index contributed by atoms with van der Waals surface area (Å²) in [6.07, 6.45) is 41.6. The summed E-state index contributed by atoms with van der Waals surface area (Å²) in [5, 5.41) is 43.5. The third-order valence-electron chi connectivity index (χ3n) is 9.31. The maximum atomic E-state index is 12.5. The normalized spacial score (nSPS) is 14.7. The fourth-order valence-electron chi connectivity index (χ4n) is 6.02. The van der Waals surface area contributed by atoms with E-state index in [-0.39, 0.29) is 0 Å². The molecule has 0 spiro atoms. The van der Waals surface area contributed by atoms with Crippen LogP contribution < -0.4 is 5.32 Å². The van der Waals surface area contributed by atoms with Gasteiger partial charge in [0, 0.05) is 0 Å². The molecule has 0 aromatic carbocycles. The molecule has 0 bridgehead atoms. The number of aliphatic hydroxyl groups is 4. The first-order valence-electron chi connectivity index (χ1n) is 20.4. The molecule has 0 aliphatic carbocycles. The molecule has 0 rings (SSSR count). The zero-order valence-electron chi connectivity index (χ0n) is 31.5. The first-order valence-corrected chi connectivity index (χ1v) is 20.4. The number of hydrogen-bond donors (Lipinski definition) is 5. The summed E-state index contributed by atoms with van der Waals surface area (Å²) in [5.41, 5.74) is 0. The monoisotopic (exact) mass is 678 g/mol. The molecule has 0 aliphatic rings. The lowest BCUT2D eigenvalue weighted by Crippen LogP contribution is -2.53. The average Bonchev–Trinajstić information content (AvgIpc) is 3.09. The molecule has 0 aromatic rings. The molecule has 0 aliphatic heterocycles. The van der Waals surface area contributed by atoms with Gasteiger partial charge in [0.25, 0.3) is 0 Å². The van der Waals surface area contributed by atoms with E-state index >= 15 is 0 Å². The van der Waals surface area contributed by atoms with Crippen LogP contribution in [0.2, 0.25) is 0 Å². The predicted octanol–water partition coefficient (Wildman–Crippen LogP) is 10.2. The Kier molecular flexibility index (Phi) is 35.7. The summed E-state index contributed by atoms with van der Waals surface area (Å²) in [4.78, 5) is 12.5. The molecule has 6 nitrogen and oxygen atoms in total. The number of hydrogen-bond acceptors (Lipinski definition) is 5.